The molecule has 25 heavy (non-hydrogen) atoms. The van der Waals surface area contributed by atoms with Gasteiger partial charge in [-0.25, -0.2) is 8.78 Å². The van der Waals surface area contributed by atoms with Crippen molar-refractivity contribution in [2.75, 3.05) is 19.0 Å². The number of anilines is 1. The molecule has 132 valence electrons. The molecule has 0 aliphatic heterocycles. The summed E-state index contributed by atoms with van der Waals surface area (Å²) in [5.41, 5.74) is 4.68. The highest BCUT2D eigenvalue weighted by atomic mass is 35.5. The zero-order chi connectivity index (χ0) is 18.6. The Labute approximate surface area is 146 Å². The first-order valence-electron chi connectivity index (χ1n) is 6.87. The molecule has 2 aromatic carbocycles. The van der Waals surface area contributed by atoms with Gasteiger partial charge < -0.3 is 20.5 Å². The van der Waals surface area contributed by atoms with Crippen LogP contribution in [0.25, 0.3) is 0 Å². The van der Waals surface area contributed by atoms with E-state index in [1.54, 1.807) is 0 Å². The van der Waals surface area contributed by atoms with Crippen LogP contribution in [-0.2, 0) is 4.79 Å². The summed E-state index contributed by atoms with van der Waals surface area (Å²) in [5, 5.41) is 2.21. The third-order valence-electron chi connectivity index (χ3n) is 3.03. The molecule has 0 saturated carbocycles. The van der Waals surface area contributed by atoms with Crippen LogP contribution in [0, 0.1) is 11.6 Å². The summed E-state index contributed by atoms with van der Waals surface area (Å²) in [7, 11) is 1.30. The Morgan fingerprint density at radius 2 is 1.96 bits per heavy atom. The first kappa shape index (κ1) is 18.5. The van der Waals surface area contributed by atoms with Crippen LogP contribution in [0.3, 0.4) is 0 Å². The van der Waals surface area contributed by atoms with Gasteiger partial charge in [-0.1, -0.05) is 11.6 Å². The zero-order valence-electron chi connectivity index (χ0n) is 12.9. The van der Waals surface area contributed by atoms with Crippen LogP contribution in [0.1, 0.15) is 10.4 Å². The average molecular weight is 371 g/mol. The molecule has 0 aliphatic carbocycles. The number of hydrogen-bond donors (Lipinski definition) is 2. The first-order chi connectivity index (χ1) is 11.8. The van der Waals surface area contributed by atoms with Crippen LogP contribution >= 0.6 is 11.6 Å². The molecule has 0 unspecified atom stereocenters. The molecule has 0 spiro atoms. The van der Waals surface area contributed by atoms with Gasteiger partial charge in [0.2, 0.25) is 0 Å². The Kier molecular flexibility index (Phi) is 5.76. The predicted octanol–water partition coefficient (Wildman–Crippen LogP) is 2.74. The van der Waals surface area contributed by atoms with E-state index in [0.717, 1.165) is 18.2 Å². The highest BCUT2D eigenvalue weighted by Crippen LogP contribution is 2.36. The van der Waals surface area contributed by atoms with Gasteiger partial charge in [-0.05, 0) is 24.3 Å². The monoisotopic (exact) mass is 370 g/mol. The number of ether oxygens (including phenoxy) is 2. The summed E-state index contributed by atoms with van der Waals surface area (Å²) in [6.07, 6.45) is 0. The maximum absolute atomic E-state index is 13.6. The van der Waals surface area contributed by atoms with E-state index in [0.29, 0.717) is 0 Å². The van der Waals surface area contributed by atoms with Crippen molar-refractivity contribution in [3.63, 3.8) is 0 Å². The highest BCUT2D eigenvalue weighted by Gasteiger charge is 2.18. The van der Waals surface area contributed by atoms with Crippen LogP contribution in [0.2, 0.25) is 5.02 Å². The van der Waals surface area contributed by atoms with Gasteiger partial charge in [0.15, 0.2) is 18.1 Å². The summed E-state index contributed by atoms with van der Waals surface area (Å²) < 4.78 is 37.0. The van der Waals surface area contributed by atoms with Gasteiger partial charge in [0.25, 0.3) is 11.8 Å². The molecule has 6 nitrogen and oxygen atoms in total. The Morgan fingerprint density at radius 1 is 1.24 bits per heavy atom. The minimum absolute atomic E-state index is 0.0111. The second kappa shape index (κ2) is 7.80. The number of halogens is 3. The fourth-order valence-electron chi connectivity index (χ4n) is 1.92. The molecular formula is C16H13ClF2N2O4. The lowest BCUT2D eigenvalue weighted by Gasteiger charge is -2.13. The van der Waals surface area contributed by atoms with E-state index in [9.17, 15) is 18.4 Å². The number of benzene rings is 2. The summed E-state index contributed by atoms with van der Waals surface area (Å²) >= 11 is 6.03. The molecule has 0 radical (unpaired) electrons. The van der Waals surface area contributed by atoms with E-state index >= 15 is 0 Å². The van der Waals surface area contributed by atoms with Gasteiger partial charge >= 0.3 is 0 Å². The van der Waals surface area contributed by atoms with E-state index in [-0.39, 0.29) is 27.8 Å². The van der Waals surface area contributed by atoms with Crippen molar-refractivity contribution in [1.29, 1.82) is 0 Å². The molecule has 9 heteroatoms. The molecule has 2 aromatic rings. The van der Waals surface area contributed by atoms with E-state index in [4.69, 9.17) is 26.8 Å². The first-order valence-corrected chi connectivity index (χ1v) is 7.24. The largest absolute Gasteiger partial charge is 0.493 e. The van der Waals surface area contributed by atoms with E-state index in [2.05, 4.69) is 5.32 Å². The second-order valence-electron chi connectivity index (χ2n) is 4.82. The SMILES string of the molecule is COc1cc(C(=O)Nc2cc(F)ccc2F)cc(Cl)c1OCC(N)=O. The predicted molar refractivity (Wildman–Crippen MR) is 87.0 cm³/mol. The van der Waals surface area contributed by atoms with Gasteiger partial charge in [-0.3, -0.25) is 9.59 Å². The fraction of sp³-hybridized carbons (Fsp3) is 0.125. The molecular weight excluding hydrogens is 358 g/mol. The molecule has 3 N–H and O–H groups in total. The quantitative estimate of drug-likeness (QED) is 0.818. The van der Waals surface area contributed by atoms with Crippen molar-refractivity contribution in [3.8, 4) is 11.5 Å². The topological polar surface area (TPSA) is 90.7 Å². The number of rotatable bonds is 6. The van der Waals surface area contributed by atoms with E-state index in [1.165, 1.54) is 19.2 Å². The lowest BCUT2D eigenvalue weighted by atomic mass is 10.1. The van der Waals surface area contributed by atoms with Gasteiger partial charge in [0.1, 0.15) is 11.6 Å². The van der Waals surface area contributed by atoms with Crippen LogP contribution in [0.5, 0.6) is 11.5 Å². The highest BCUT2D eigenvalue weighted by molar-refractivity contribution is 6.32. The smallest absolute Gasteiger partial charge is 0.255 e. The van der Waals surface area contributed by atoms with Crippen molar-refractivity contribution in [1.82, 2.24) is 0 Å². The second-order valence-corrected chi connectivity index (χ2v) is 5.23. The molecule has 0 bridgehead atoms. The van der Waals surface area contributed by atoms with Crippen molar-refractivity contribution >= 4 is 29.1 Å². The van der Waals surface area contributed by atoms with Crippen molar-refractivity contribution in [2.24, 2.45) is 5.73 Å². The summed E-state index contributed by atoms with van der Waals surface area (Å²) in [5.74, 6) is -2.88. The van der Waals surface area contributed by atoms with Crippen molar-refractivity contribution in [2.45, 2.75) is 0 Å². The molecule has 0 atom stereocenters. The molecule has 2 amide bonds. The molecule has 0 heterocycles. The van der Waals surface area contributed by atoms with Gasteiger partial charge in [-0.15, -0.1) is 0 Å². The van der Waals surface area contributed by atoms with Gasteiger partial charge in [0, 0.05) is 11.6 Å². The molecule has 0 aliphatic rings. The number of nitrogens with two attached hydrogens (primary N) is 1. The summed E-state index contributed by atoms with van der Waals surface area (Å²) in [4.78, 5) is 23.1. The third kappa shape index (κ3) is 4.57. The molecule has 2 rings (SSSR count). The number of primary amides is 1. The number of nitrogens with one attached hydrogen (secondary N) is 1. The summed E-state index contributed by atoms with van der Waals surface area (Å²) in [6, 6.07) is 5.16. The minimum atomic E-state index is -0.797. The Bertz CT molecular complexity index is 830. The lowest BCUT2D eigenvalue weighted by molar-refractivity contribution is -0.119. The maximum atomic E-state index is 13.6. The maximum Gasteiger partial charge on any atom is 0.255 e. The summed E-state index contributed by atoms with van der Waals surface area (Å²) in [6.45, 7) is -0.434. The number of methoxy groups -OCH3 is 1. The van der Waals surface area contributed by atoms with Crippen LogP contribution in [0.4, 0.5) is 14.5 Å². The number of amides is 2. The van der Waals surface area contributed by atoms with Crippen LogP contribution in [0.15, 0.2) is 30.3 Å². The third-order valence-corrected chi connectivity index (χ3v) is 3.31. The number of hydrogen-bond acceptors (Lipinski definition) is 4. The van der Waals surface area contributed by atoms with Crippen LogP contribution < -0.4 is 20.5 Å². The lowest BCUT2D eigenvalue weighted by Crippen LogP contribution is -2.20. The Morgan fingerprint density at radius 3 is 2.60 bits per heavy atom. The molecule has 0 saturated heterocycles. The normalized spacial score (nSPS) is 10.2. The molecule has 0 fully saturated rings. The van der Waals surface area contributed by atoms with Crippen molar-refractivity contribution < 1.29 is 27.8 Å². The fourth-order valence-corrected chi connectivity index (χ4v) is 2.19. The van der Waals surface area contributed by atoms with Crippen LogP contribution in [-0.4, -0.2) is 25.5 Å². The number of carbonyl (C=O) groups excluding carboxylic acids is 2. The minimum Gasteiger partial charge on any atom is -0.493 e. The Hall–Kier alpha value is -2.87. The molecule has 0 aromatic heterocycles. The standard InChI is InChI=1S/C16H13ClF2N2O4/c1-24-13-5-8(4-10(17)15(13)25-7-14(20)22)16(23)21-12-6-9(18)2-3-11(12)19/h2-6H,7H2,1H3,(H2,20,22)(H,21,23). The number of carbonyl (C=O) groups is 2. The van der Waals surface area contributed by atoms with Gasteiger partial charge in [-0.2, -0.15) is 0 Å². The average Bonchev–Trinajstić information content (AvgIpc) is 2.56. The van der Waals surface area contributed by atoms with Gasteiger partial charge in [0.05, 0.1) is 17.8 Å². The van der Waals surface area contributed by atoms with Crippen molar-refractivity contribution in [3.05, 3.63) is 52.6 Å². The van der Waals surface area contributed by atoms with E-state index < -0.39 is 30.1 Å². The van der Waals surface area contributed by atoms with E-state index in [1.807, 2.05) is 0 Å². The Balaban J connectivity index is 2.29. The zero-order valence-corrected chi connectivity index (χ0v) is 13.7.